The van der Waals surface area contributed by atoms with Gasteiger partial charge >= 0.3 is 6.61 Å². The maximum atomic E-state index is 12.4. The molecule has 2 aromatic rings. The summed E-state index contributed by atoms with van der Waals surface area (Å²) in [6.07, 6.45) is 0. The molecule has 1 N–H and O–H groups in total. The van der Waals surface area contributed by atoms with Crippen molar-refractivity contribution in [3.63, 3.8) is 0 Å². The Morgan fingerprint density at radius 2 is 2.05 bits per heavy atom. The summed E-state index contributed by atoms with van der Waals surface area (Å²) in [5, 5.41) is 4.05. The molecule has 0 aliphatic heterocycles. The van der Waals surface area contributed by atoms with Crippen LogP contribution in [0.1, 0.15) is 18.2 Å². The van der Waals surface area contributed by atoms with Crippen LogP contribution in [0.2, 0.25) is 0 Å². The number of benzene rings is 1. The van der Waals surface area contributed by atoms with E-state index in [2.05, 4.69) is 15.0 Å². The van der Waals surface area contributed by atoms with Gasteiger partial charge < -0.3 is 10.1 Å². The predicted octanol–water partition coefficient (Wildman–Crippen LogP) is 3.88. The number of fused-ring (bicyclic) bond motifs is 1. The zero-order valence-corrected chi connectivity index (χ0v) is 11.1. The first-order chi connectivity index (χ1) is 9.04. The standard InChI is InChI=1S/C14H16F2N2O/c1-4-17-12-8(2)9(3)18-13-10(12)6-5-7-11(13)19-14(15)16/h5-7,14H,4H2,1-3H3,(H,17,18). The number of hydrogen-bond donors (Lipinski definition) is 1. The number of pyridine rings is 1. The Bertz CT molecular complexity index is 600. The van der Waals surface area contributed by atoms with Gasteiger partial charge in [-0.1, -0.05) is 12.1 Å². The van der Waals surface area contributed by atoms with Gasteiger partial charge in [0.05, 0.1) is 0 Å². The Labute approximate surface area is 110 Å². The van der Waals surface area contributed by atoms with Crippen molar-refractivity contribution in [2.75, 3.05) is 11.9 Å². The van der Waals surface area contributed by atoms with Gasteiger partial charge in [0.1, 0.15) is 5.52 Å². The molecule has 0 aliphatic rings. The van der Waals surface area contributed by atoms with Crippen LogP contribution < -0.4 is 10.1 Å². The summed E-state index contributed by atoms with van der Waals surface area (Å²) in [5.41, 5.74) is 3.20. The topological polar surface area (TPSA) is 34.2 Å². The molecule has 1 aromatic carbocycles. The number of nitrogens with zero attached hydrogens (tertiary/aromatic N) is 1. The minimum absolute atomic E-state index is 0.106. The first kappa shape index (κ1) is 13.5. The maximum absolute atomic E-state index is 12.4. The highest BCUT2D eigenvalue weighted by Gasteiger charge is 2.14. The molecule has 3 nitrogen and oxygen atoms in total. The second kappa shape index (κ2) is 5.38. The van der Waals surface area contributed by atoms with E-state index < -0.39 is 6.61 Å². The van der Waals surface area contributed by atoms with Crippen molar-refractivity contribution in [1.29, 1.82) is 0 Å². The Morgan fingerprint density at radius 3 is 2.68 bits per heavy atom. The number of nitrogens with one attached hydrogen (secondary N) is 1. The van der Waals surface area contributed by atoms with Gasteiger partial charge in [-0.25, -0.2) is 4.98 Å². The summed E-state index contributed by atoms with van der Waals surface area (Å²) in [6.45, 7) is 3.70. The van der Waals surface area contributed by atoms with Crippen molar-refractivity contribution >= 4 is 16.6 Å². The number of aromatic nitrogens is 1. The van der Waals surface area contributed by atoms with E-state index in [0.717, 1.165) is 28.9 Å². The summed E-state index contributed by atoms with van der Waals surface area (Å²) < 4.78 is 29.4. The normalized spacial score (nSPS) is 11.1. The van der Waals surface area contributed by atoms with Crippen LogP contribution in [-0.4, -0.2) is 18.1 Å². The van der Waals surface area contributed by atoms with Crippen LogP contribution in [0.5, 0.6) is 5.75 Å². The van der Waals surface area contributed by atoms with E-state index in [1.54, 1.807) is 6.07 Å². The molecule has 0 saturated carbocycles. The van der Waals surface area contributed by atoms with Gasteiger partial charge in [-0.3, -0.25) is 0 Å². The lowest BCUT2D eigenvalue weighted by molar-refractivity contribution is -0.0489. The second-order valence-corrected chi connectivity index (χ2v) is 4.26. The summed E-state index contributed by atoms with van der Waals surface area (Å²) in [5.74, 6) is 0.106. The van der Waals surface area contributed by atoms with Gasteiger partial charge in [0.15, 0.2) is 5.75 Å². The summed E-state index contributed by atoms with van der Waals surface area (Å²) in [4.78, 5) is 4.37. The third-order valence-corrected chi connectivity index (χ3v) is 3.04. The van der Waals surface area contributed by atoms with Crippen LogP contribution in [0.15, 0.2) is 18.2 Å². The van der Waals surface area contributed by atoms with Gasteiger partial charge in [0.25, 0.3) is 0 Å². The lowest BCUT2D eigenvalue weighted by Crippen LogP contribution is -2.06. The third kappa shape index (κ3) is 2.59. The fraction of sp³-hybridized carbons (Fsp3) is 0.357. The summed E-state index contributed by atoms with van der Waals surface area (Å²) in [7, 11) is 0. The van der Waals surface area contributed by atoms with E-state index >= 15 is 0 Å². The fourth-order valence-electron chi connectivity index (χ4n) is 2.07. The van der Waals surface area contributed by atoms with E-state index in [4.69, 9.17) is 0 Å². The molecule has 1 aromatic heterocycles. The number of anilines is 1. The highest BCUT2D eigenvalue weighted by Crippen LogP contribution is 2.33. The van der Waals surface area contributed by atoms with Crippen molar-refractivity contribution in [3.8, 4) is 5.75 Å². The molecular formula is C14H16F2N2O. The number of hydrogen-bond acceptors (Lipinski definition) is 3. The number of para-hydroxylation sites is 1. The molecule has 0 spiro atoms. The molecule has 0 fully saturated rings. The van der Waals surface area contributed by atoms with Gasteiger partial charge in [0, 0.05) is 23.3 Å². The molecule has 19 heavy (non-hydrogen) atoms. The summed E-state index contributed by atoms with van der Waals surface area (Å²) in [6, 6.07) is 5.05. The van der Waals surface area contributed by atoms with Crippen molar-refractivity contribution in [2.24, 2.45) is 0 Å². The molecule has 5 heteroatoms. The lowest BCUT2D eigenvalue weighted by atomic mass is 10.1. The Hall–Kier alpha value is -1.91. The van der Waals surface area contributed by atoms with Crippen LogP contribution in [0.25, 0.3) is 10.9 Å². The van der Waals surface area contributed by atoms with Crippen molar-refractivity contribution in [3.05, 3.63) is 29.5 Å². The number of halogens is 2. The second-order valence-electron chi connectivity index (χ2n) is 4.26. The van der Waals surface area contributed by atoms with Crippen LogP contribution in [0.4, 0.5) is 14.5 Å². The largest absolute Gasteiger partial charge is 0.432 e. The molecule has 0 bridgehead atoms. The van der Waals surface area contributed by atoms with Crippen LogP contribution in [-0.2, 0) is 0 Å². The fourth-order valence-corrected chi connectivity index (χ4v) is 2.07. The molecule has 0 radical (unpaired) electrons. The highest BCUT2D eigenvalue weighted by atomic mass is 19.3. The van der Waals surface area contributed by atoms with Crippen LogP contribution in [0, 0.1) is 13.8 Å². The van der Waals surface area contributed by atoms with Crippen molar-refractivity contribution < 1.29 is 13.5 Å². The molecule has 1 heterocycles. The zero-order valence-electron chi connectivity index (χ0n) is 11.1. The van der Waals surface area contributed by atoms with Crippen LogP contribution in [0.3, 0.4) is 0 Å². The first-order valence-corrected chi connectivity index (χ1v) is 6.13. The lowest BCUT2D eigenvalue weighted by Gasteiger charge is -2.15. The minimum atomic E-state index is -2.85. The molecule has 0 atom stereocenters. The SMILES string of the molecule is CCNc1c(C)c(C)nc2c(OC(F)F)cccc12. The number of aryl methyl sites for hydroxylation is 1. The van der Waals surface area contributed by atoms with Crippen LogP contribution >= 0.6 is 0 Å². The quantitative estimate of drug-likeness (QED) is 0.911. The Balaban J connectivity index is 2.70. The van der Waals surface area contributed by atoms with E-state index in [-0.39, 0.29) is 5.75 Å². The van der Waals surface area contributed by atoms with Gasteiger partial charge in [-0.05, 0) is 32.4 Å². The van der Waals surface area contributed by atoms with E-state index in [0.29, 0.717) is 5.52 Å². The highest BCUT2D eigenvalue weighted by molar-refractivity contribution is 5.96. The number of ether oxygens (including phenoxy) is 1. The smallest absolute Gasteiger partial charge is 0.387 e. The van der Waals surface area contributed by atoms with E-state index in [1.807, 2.05) is 26.8 Å². The average molecular weight is 266 g/mol. The third-order valence-electron chi connectivity index (χ3n) is 3.04. The predicted molar refractivity (Wildman–Crippen MR) is 72.0 cm³/mol. The number of alkyl halides is 2. The minimum Gasteiger partial charge on any atom is -0.432 e. The Kier molecular flexibility index (Phi) is 3.83. The van der Waals surface area contributed by atoms with Crippen molar-refractivity contribution in [2.45, 2.75) is 27.4 Å². The molecule has 0 amide bonds. The number of rotatable bonds is 4. The monoisotopic (exact) mass is 266 g/mol. The summed E-state index contributed by atoms with van der Waals surface area (Å²) >= 11 is 0. The van der Waals surface area contributed by atoms with Gasteiger partial charge in [0.2, 0.25) is 0 Å². The van der Waals surface area contributed by atoms with Crippen molar-refractivity contribution in [1.82, 2.24) is 4.98 Å². The van der Waals surface area contributed by atoms with E-state index in [9.17, 15) is 8.78 Å². The molecule has 0 unspecified atom stereocenters. The maximum Gasteiger partial charge on any atom is 0.387 e. The molecule has 2 rings (SSSR count). The Morgan fingerprint density at radius 1 is 1.32 bits per heavy atom. The molecular weight excluding hydrogens is 250 g/mol. The molecule has 102 valence electrons. The average Bonchev–Trinajstić information content (AvgIpc) is 2.35. The molecule has 0 saturated heterocycles. The van der Waals surface area contributed by atoms with Gasteiger partial charge in [-0.15, -0.1) is 0 Å². The zero-order chi connectivity index (χ0) is 14.0. The van der Waals surface area contributed by atoms with Gasteiger partial charge in [-0.2, -0.15) is 8.78 Å². The van der Waals surface area contributed by atoms with E-state index in [1.165, 1.54) is 6.07 Å². The first-order valence-electron chi connectivity index (χ1n) is 6.13. The molecule has 0 aliphatic carbocycles.